The second kappa shape index (κ2) is 4.86. The van der Waals surface area contributed by atoms with Crippen LogP contribution >= 0.6 is 0 Å². The third kappa shape index (κ3) is 4.86. The maximum Gasteiger partial charge on any atom is -0.0108 e. The predicted molar refractivity (Wildman–Crippen MR) is 31.4 cm³/mol. The smallest absolute Gasteiger partial charge is 0.0108 e. The summed E-state index contributed by atoms with van der Waals surface area (Å²) in [4.78, 5) is 0. The molecule has 0 spiro atoms. The van der Waals surface area contributed by atoms with E-state index in [1.54, 1.807) is 6.08 Å². The molecule has 34 valence electrons. The average Bonchev–Trinajstić information content (AvgIpc) is 1.69. The van der Waals surface area contributed by atoms with Crippen molar-refractivity contribution in [1.29, 1.82) is 0 Å². The van der Waals surface area contributed by atoms with Crippen molar-refractivity contribution >= 4 is 0 Å². The minimum atomic E-state index is 1.71. The SMILES string of the molecule is C#CC#CC=CC. The Kier molecular flexibility index (Phi) is 4.07. The van der Waals surface area contributed by atoms with E-state index in [1.807, 2.05) is 13.0 Å². The van der Waals surface area contributed by atoms with Crippen molar-refractivity contribution in [2.75, 3.05) is 0 Å². The highest BCUT2D eigenvalue weighted by atomic mass is 13.5. The van der Waals surface area contributed by atoms with Gasteiger partial charge in [0.1, 0.15) is 0 Å². The normalized spacial score (nSPS) is 6.86. The van der Waals surface area contributed by atoms with Gasteiger partial charge in [-0.2, -0.15) is 0 Å². The highest BCUT2D eigenvalue weighted by Crippen LogP contribution is 1.61. The van der Waals surface area contributed by atoms with Crippen LogP contribution in [-0.4, -0.2) is 0 Å². The summed E-state index contributed by atoms with van der Waals surface area (Å²) in [6.45, 7) is 1.89. The fourth-order valence-electron chi connectivity index (χ4n) is 0.167. The van der Waals surface area contributed by atoms with Crippen LogP contribution in [0.4, 0.5) is 0 Å². The van der Waals surface area contributed by atoms with Crippen LogP contribution in [-0.2, 0) is 0 Å². The van der Waals surface area contributed by atoms with Gasteiger partial charge in [-0.3, -0.25) is 0 Å². The van der Waals surface area contributed by atoms with Gasteiger partial charge in [0.25, 0.3) is 0 Å². The molecule has 0 atom stereocenters. The zero-order valence-electron chi connectivity index (χ0n) is 4.23. The molecule has 0 aliphatic carbocycles. The van der Waals surface area contributed by atoms with Gasteiger partial charge in [-0.05, 0) is 24.8 Å². The third-order valence-corrected chi connectivity index (χ3v) is 0.394. The zero-order chi connectivity index (χ0) is 5.54. The highest BCUT2D eigenvalue weighted by molar-refractivity contribution is 5.27. The van der Waals surface area contributed by atoms with E-state index in [0.717, 1.165) is 0 Å². The van der Waals surface area contributed by atoms with E-state index >= 15 is 0 Å². The average molecular weight is 90.1 g/mol. The molecule has 0 aliphatic heterocycles. The standard InChI is InChI=1S/C7H6/c1-3-5-7-6-4-2/h1,4,6H,2H3. The maximum atomic E-state index is 4.81. The number of rotatable bonds is 0. The van der Waals surface area contributed by atoms with Crippen LogP contribution in [0.5, 0.6) is 0 Å². The number of terminal acetylenes is 1. The van der Waals surface area contributed by atoms with Gasteiger partial charge in [0.2, 0.25) is 0 Å². The second-order valence-electron chi connectivity index (χ2n) is 0.914. The molecular weight excluding hydrogens is 84.1 g/mol. The van der Waals surface area contributed by atoms with Gasteiger partial charge in [-0.15, -0.1) is 6.42 Å². The van der Waals surface area contributed by atoms with E-state index in [4.69, 9.17) is 6.42 Å². The van der Waals surface area contributed by atoms with Gasteiger partial charge in [0.15, 0.2) is 0 Å². The van der Waals surface area contributed by atoms with Crippen molar-refractivity contribution in [3.63, 3.8) is 0 Å². The lowest BCUT2D eigenvalue weighted by atomic mass is 10.5. The molecule has 0 unspecified atom stereocenters. The first-order chi connectivity index (χ1) is 3.41. The van der Waals surface area contributed by atoms with E-state index < -0.39 is 0 Å². The summed E-state index contributed by atoms with van der Waals surface area (Å²) in [5.41, 5.74) is 0. The highest BCUT2D eigenvalue weighted by Gasteiger charge is 1.48. The Morgan fingerprint density at radius 3 is 2.71 bits per heavy atom. The van der Waals surface area contributed by atoms with Crippen molar-refractivity contribution in [3.05, 3.63) is 12.2 Å². The predicted octanol–water partition coefficient (Wildman–Crippen LogP) is 1.20. The molecule has 0 aromatic carbocycles. The second-order valence-corrected chi connectivity index (χ2v) is 0.914. The van der Waals surface area contributed by atoms with Crippen molar-refractivity contribution in [3.8, 4) is 24.2 Å². The quantitative estimate of drug-likeness (QED) is 0.392. The van der Waals surface area contributed by atoms with Gasteiger partial charge in [-0.25, -0.2) is 0 Å². The molecule has 0 heteroatoms. The molecule has 0 fully saturated rings. The van der Waals surface area contributed by atoms with Crippen LogP contribution in [0.3, 0.4) is 0 Å². The Balaban J connectivity index is 3.52. The largest absolute Gasteiger partial charge is 0.106 e. The topological polar surface area (TPSA) is 0 Å². The fraction of sp³-hybridized carbons (Fsp3) is 0.143. The molecular formula is C7H6. The van der Waals surface area contributed by atoms with E-state index in [0.29, 0.717) is 0 Å². The molecule has 0 heterocycles. The lowest BCUT2D eigenvalue weighted by Gasteiger charge is -1.56. The van der Waals surface area contributed by atoms with E-state index in [1.165, 1.54) is 0 Å². The molecule has 0 radical (unpaired) electrons. The summed E-state index contributed by atoms with van der Waals surface area (Å²) in [5, 5.41) is 0. The van der Waals surface area contributed by atoms with E-state index in [-0.39, 0.29) is 0 Å². The van der Waals surface area contributed by atoms with Crippen molar-refractivity contribution in [2.24, 2.45) is 0 Å². The van der Waals surface area contributed by atoms with E-state index in [2.05, 4.69) is 17.8 Å². The Hall–Kier alpha value is -1.14. The first kappa shape index (κ1) is 5.86. The minimum Gasteiger partial charge on any atom is -0.106 e. The first-order valence-electron chi connectivity index (χ1n) is 1.99. The number of hydrogen-bond acceptors (Lipinski definition) is 0. The van der Waals surface area contributed by atoms with Gasteiger partial charge in [-0.1, -0.05) is 12.0 Å². The van der Waals surface area contributed by atoms with Gasteiger partial charge in [0.05, 0.1) is 0 Å². The Morgan fingerprint density at radius 1 is 1.57 bits per heavy atom. The zero-order valence-corrected chi connectivity index (χ0v) is 4.23. The lowest BCUT2D eigenvalue weighted by molar-refractivity contribution is 1.76. The van der Waals surface area contributed by atoms with Crippen molar-refractivity contribution < 1.29 is 0 Å². The van der Waals surface area contributed by atoms with Crippen LogP contribution in [0.1, 0.15) is 6.92 Å². The molecule has 7 heavy (non-hydrogen) atoms. The van der Waals surface area contributed by atoms with Crippen LogP contribution in [0.15, 0.2) is 12.2 Å². The summed E-state index contributed by atoms with van der Waals surface area (Å²) in [5.74, 6) is 7.25. The van der Waals surface area contributed by atoms with Crippen molar-refractivity contribution in [2.45, 2.75) is 6.92 Å². The summed E-state index contributed by atoms with van der Waals surface area (Å²) >= 11 is 0. The Morgan fingerprint density at radius 2 is 2.29 bits per heavy atom. The first-order valence-corrected chi connectivity index (χ1v) is 1.99. The maximum absolute atomic E-state index is 4.81. The Labute approximate surface area is 44.2 Å². The van der Waals surface area contributed by atoms with Gasteiger partial charge >= 0.3 is 0 Å². The summed E-state index contributed by atoms with van der Waals surface area (Å²) in [7, 11) is 0. The molecule has 0 nitrogen and oxygen atoms in total. The third-order valence-electron chi connectivity index (χ3n) is 0.394. The van der Waals surface area contributed by atoms with Crippen LogP contribution in [0, 0.1) is 24.2 Å². The summed E-state index contributed by atoms with van der Waals surface area (Å²) < 4.78 is 0. The summed E-state index contributed by atoms with van der Waals surface area (Å²) in [6.07, 6.45) is 8.36. The van der Waals surface area contributed by atoms with Gasteiger partial charge < -0.3 is 0 Å². The lowest BCUT2D eigenvalue weighted by Crippen LogP contribution is -1.45. The molecule has 0 aliphatic rings. The van der Waals surface area contributed by atoms with Crippen LogP contribution in [0.25, 0.3) is 0 Å². The molecule has 0 saturated heterocycles. The molecule has 0 saturated carbocycles. The van der Waals surface area contributed by atoms with E-state index in [9.17, 15) is 0 Å². The molecule has 0 aromatic rings. The van der Waals surface area contributed by atoms with Crippen molar-refractivity contribution in [1.82, 2.24) is 0 Å². The molecule has 0 aromatic heterocycles. The minimum absolute atomic E-state index is 1.71. The van der Waals surface area contributed by atoms with Crippen LogP contribution < -0.4 is 0 Å². The molecule has 0 bridgehead atoms. The molecule has 0 amide bonds. The fourth-order valence-corrected chi connectivity index (χ4v) is 0.167. The summed E-state index contributed by atoms with van der Waals surface area (Å²) in [6, 6.07) is 0. The van der Waals surface area contributed by atoms with Gasteiger partial charge in [0, 0.05) is 0 Å². The monoisotopic (exact) mass is 90.0 g/mol. The number of hydrogen-bond donors (Lipinski definition) is 0. The number of allylic oxidation sites excluding steroid dienone is 2. The molecule has 0 rings (SSSR count). The molecule has 0 N–H and O–H groups in total. The van der Waals surface area contributed by atoms with Crippen LogP contribution in [0.2, 0.25) is 0 Å². The Bertz CT molecular complexity index is 145.